The molecule has 1 fully saturated rings. The summed E-state index contributed by atoms with van der Waals surface area (Å²) in [5, 5.41) is 0.00933. The average molecular weight is 225 g/mol. The summed E-state index contributed by atoms with van der Waals surface area (Å²) < 4.78 is 22.7. The maximum Gasteiger partial charge on any atom is 0.150 e. The molecule has 0 aromatic carbocycles. The van der Waals surface area contributed by atoms with E-state index >= 15 is 0 Å². The normalized spacial score (nSPS) is 30.3. The van der Waals surface area contributed by atoms with E-state index in [1.54, 1.807) is 0 Å². The molecule has 1 saturated heterocycles. The first-order chi connectivity index (χ1) is 5.92. The molecule has 4 heteroatoms. The van der Waals surface area contributed by atoms with Crippen LogP contribution in [0.3, 0.4) is 0 Å². The first kappa shape index (κ1) is 11.3. The van der Waals surface area contributed by atoms with Crippen molar-refractivity contribution in [1.29, 1.82) is 0 Å². The van der Waals surface area contributed by atoms with Crippen molar-refractivity contribution in [3.05, 3.63) is 0 Å². The van der Waals surface area contributed by atoms with Gasteiger partial charge in [-0.1, -0.05) is 13.8 Å². The summed E-state index contributed by atoms with van der Waals surface area (Å²) in [7, 11) is -2.79. The van der Waals surface area contributed by atoms with Crippen LogP contribution in [-0.2, 0) is 9.84 Å². The van der Waals surface area contributed by atoms with Gasteiger partial charge in [-0.2, -0.15) is 0 Å². The highest BCUT2D eigenvalue weighted by atomic mass is 35.5. The number of rotatable bonds is 2. The number of halogens is 1. The van der Waals surface area contributed by atoms with Gasteiger partial charge >= 0.3 is 0 Å². The number of hydrogen-bond acceptors (Lipinski definition) is 2. The van der Waals surface area contributed by atoms with E-state index in [-0.39, 0.29) is 11.3 Å². The highest BCUT2D eigenvalue weighted by Crippen LogP contribution is 2.28. The number of sulfone groups is 1. The second kappa shape index (κ2) is 4.18. The van der Waals surface area contributed by atoms with E-state index in [0.717, 1.165) is 12.8 Å². The molecular weight excluding hydrogens is 208 g/mol. The molecule has 0 saturated carbocycles. The fourth-order valence-electron chi connectivity index (χ4n) is 1.85. The molecule has 0 aliphatic carbocycles. The van der Waals surface area contributed by atoms with E-state index in [2.05, 4.69) is 0 Å². The molecule has 1 aliphatic heterocycles. The largest absolute Gasteiger partial charge is 0.229 e. The Bertz CT molecular complexity index is 259. The fourth-order valence-corrected chi connectivity index (χ4v) is 3.97. The average Bonchev–Trinajstić information content (AvgIpc) is 2.01. The summed E-state index contributed by atoms with van der Waals surface area (Å²) in [4.78, 5) is 0. The molecule has 13 heavy (non-hydrogen) atoms. The lowest BCUT2D eigenvalue weighted by molar-refractivity contribution is 0.407. The van der Waals surface area contributed by atoms with Gasteiger partial charge in [-0.05, 0) is 24.7 Å². The SMILES string of the molecule is CC(C)C(Cl)C1CCCS(=O)(=O)C1. The molecule has 1 rings (SSSR count). The van der Waals surface area contributed by atoms with Crippen LogP contribution in [-0.4, -0.2) is 25.3 Å². The third-order valence-electron chi connectivity index (χ3n) is 2.59. The molecule has 2 unspecified atom stereocenters. The monoisotopic (exact) mass is 224 g/mol. The van der Waals surface area contributed by atoms with Crippen molar-refractivity contribution in [2.24, 2.45) is 11.8 Å². The highest BCUT2D eigenvalue weighted by molar-refractivity contribution is 7.91. The lowest BCUT2D eigenvalue weighted by Gasteiger charge is -2.28. The van der Waals surface area contributed by atoms with Crippen molar-refractivity contribution in [3.63, 3.8) is 0 Å². The molecule has 1 heterocycles. The summed E-state index contributed by atoms with van der Waals surface area (Å²) >= 11 is 6.16. The Morgan fingerprint density at radius 3 is 2.46 bits per heavy atom. The highest BCUT2D eigenvalue weighted by Gasteiger charge is 2.30. The predicted octanol–water partition coefficient (Wildman–Crippen LogP) is 2.07. The van der Waals surface area contributed by atoms with Gasteiger partial charge in [-0.25, -0.2) is 8.42 Å². The van der Waals surface area contributed by atoms with Crippen LogP contribution in [0.15, 0.2) is 0 Å². The summed E-state index contributed by atoms with van der Waals surface area (Å²) in [6.07, 6.45) is 1.74. The van der Waals surface area contributed by atoms with Crippen molar-refractivity contribution in [3.8, 4) is 0 Å². The molecule has 0 aromatic rings. The minimum absolute atomic E-state index is 0.00933. The number of alkyl halides is 1. The third-order valence-corrected chi connectivity index (χ3v) is 5.29. The van der Waals surface area contributed by atoms with Gasteiger partial charge in [-0.15, -0.1) is 11.6 Å². The van der Waals surface area contributed by atoms with Crippen LogP contribution in [0.2, 0.25) is 0 Å². The van der Waals surface area contributed by atoms with E-state index < -0.39 is 9.84 Å². The van der Waals surface area contributed by atoms with Crippen molar-refractivity contribution in [2.45, 2.75) is 32.1 Å². The van der Waals surface area contributed by atoms with Gasteiger partial charge in [0.1, 0.15) is 0 Å². The lowest BCUT2D eigenvalue weighted by Crippen LogP contribution is -2.33. The Kier molecular flexibility index (Phi) is 3.64. The Morgan fingerprint density at radius 1 is 1.38 bits per heavy atom. The molecule has 0 radical (unpaired) electrons. The van der Waals surface area contributed by atoms with Gasteiger partial charge in [0.05, 0.1) is 11.5 Å². The van der Waals surface area contributed by atoms with E-state index in [9.17, 15) is 8.42 Å². The molecule has 78 valence electrons. The van der Waals surface area contributed by atoms with Crippen molar-refractivity contribution in [2.75, 3.05) is 11.5 Å². The van der Waals surface area contributed by atoms with E-state index in [0.29, 0.717) is 17.4 Å². The van der Waals surface area contributed by atoms with Gasteiger partial charge < -0.3 is 0 Å². The first-order valence-corrected chi connectivity index (χ1v) is 7.02. The van der Waals surface area contributed by atoms with Crippen LogP contribution >= 0.6 is 11.6 Å². The van der Waals surface area contributed by atoms with Gasteiger partial charge in [0.15, 0.2) is 9.84 Å². The molecular formula is C9H17ClO2S. The summed E-state index contributed by atoms with van der Waals surface area (Å²) in [6, 6.07) is 0. The molecule has 0 bridgehead atoms. The summed E-state index contributed by atoms with van der Waals surface area (Å²) in [5.41, 5.74) is 0. The smallest absolute Gasteiger partial charge is 0.150 e. The topological polar surface area (TPSA) is 34.1 Å². The van der Waals surface area contributed by atoms with Crippen LogP contribution in [0.4, 0.5) is 0 Å². The second-order valence-electron chi connectivity index (χ2n) is 4.21. The van der Waals surface area contributed by atoms with Crippen molar-refractivity contribution < 1.29 is 8.42 Å². The second-order valence-corrected chi connectivity index (χ2v) is 6.94. The van der Waals surface area contributed by atoms with E-state index in [4.69, 9.17) is 11.6 Å². The Morgan fingerprint density at radius 2 is 2.00 bits per heavy atom. The van der Waals surface area contributed by atoms with Gasteiger partial charge in [0, 0.05) is 5.38 Å². The predicted molar refractivity (Wildman–Crippen MR) is 55.9 cm³/mol. The van der Waals surface area contributed by atoms with Crippen LogP contribution in [0.25, 0.3) is 0 Å². The standard InChI is InChI=1S/C9H17ClO2S/c1-7(2)9(10)8-4-3-5-13(11,12)6-8/h7-9H,3-6H2,1-2H3. The van der Waals surface area contributed by atoms with Crippen LogP contribution in [0.1, 0.15) is 26.7 Å². The van der Waals surface area contributed by atoms with Crippen LogP contribution in [0.5, 0.6) is 0 Å². The van der Waals surface area contributed by atoms with Gasteiger partial charge in [-0.3, -0.25) is 0 Å². The summed E-state index contributed by atoms with van der Waals surface area (Å²) in [6.45, 7) is 4.08. The minimum Gasteiger partial charge on any atom is -0.229 e. The maximum atomic E-state index is 11.3. The first-order valence-electron chi connectivity index (χ1n) is 4.77. The molecule has 2 nitrogen and oxygen atoms in total. The van der Waals surface area contributed by atoms with Gasteiger partial charge in [0.25, 0.3) is 0 Å². The van der Waals surface area contributed by atoms with Crippen LogP contribution in [0, 0.1) is 11.8 Å². The summed E-state index contributed by atoms with van der Waals surface area (Å²) in [5.74, 6) is 1.17. The maximum absolute atomic E-state index is 11.3. The van der Waals surface area contributed by atoms with Crippen molar-refractivity contribution in [1.82, 2.24) is 0 Å². The quantitative estimate of drug-likeness (QED) is 0.673. The van der Waals surface area contributed by atoms with Gasteiger partial charge in [0.2, 0.25) is 0 Å². The zero-order chi connectivity index (χ0) is 10.1. The Hall–Kier alpha value is 0.240. The Balaban J connectivity index is 2.62. The molecule has 0 aromatic heterocycles. The fraction of sp³-hybridized carbons (Fsp3) is 1.00. The van der Waals surface area contributed by atoms with E-state index in [1.807, 2.05) is 13.8 Å². The zero-order valence-electron chi connectivity index (χ0n) is 8.16. The third kappa shape index (κ3) is 3.13. The van der Waals surface area contributed by atoms with Crippen LogP contribution < -0.4 is 0 Å². The Labute approximate surface area is 85.6 Å². The molecule has 1 aliphatic rings. The minimum atomic E-state index is -2.79. The number of hydrogen-bond donors (Lipinski definition) is 0. The molecule has 0 N–H and O–H groups in total. The van der Waals surface area contributed by atoms with Crippen molar-refractivity contribution >= 4 is 21.4 Å². The van der Waals surface area contributed by atoms with E-state index in [1.165, 1.54) is 0 Å². The molecule has 2 atom stereocenters. The molecule has 0 spiro atoms. The molecule has 0 amide bonds. The lowest BCUT2D eigenvalue weighted by atomic mass is 9.94. The zero-order valence-corrected chi connectivity index (χ0v) is 9.74.